The fourth-order valence-corrected chi connectivity index (χ4v) is 6.37. The van der Waals surface area contributed by atoms with Gasteiger partial charge in [0.25, 0.3) is 20.0 Å². The number of anilines is 2. The Hall–Kier alpha value is -2.57. The van der Waals surface area contributed by atoms with E-state index in [9.17, 15) is 16.8 Å². The number of nitrogens with zero attached hydrogens (tertiary/aromatic N) is 2. The first kappa shape index (κ1) is 23.6. The maximum absolute atomic E-state index is 13.0. The van der Waals surface area contributed by atoms with Crippen LogP contribution in [0.3, 0.4) is 0 Å². The van der Waals surface area contributed by atoms with Crippen molar-refractivity contribution in [1.29, 1.82) is 0 Å². The molecule has 8 nitrogen and oxygen atoms in total. The van der Waals surface area contributed by atoms with Crippen LogP contribution in [0.25, 0.3) is 11.3 Å². The van der Waals surface area contributed by atoms with E-state index in [-0.39, 0.29) is 30.5 Å². The zero-order chi connectivity index (χ0) is 23.8. The van der Waals surface area contributed by atoms with E-state index in [4.69, 9.17) is 23.2 Å². The van der Waals surface area contributed by atoms with Gasteiger partial charge in [0.1, 0.15) is 4.21 Å². The zero-order valence-electron chi connectivity index (χ0n) is 16.9. The number of aryl methyl sites for hydroxylation is 1. The predicted molar refractivity (Wildman–Crippen MR) is 131 cm³/mol. The molecule has 0 unspecified atom stereocenters. The third-order valence-electron chi connectivity index (χ3n) is 4.48. The van der Waals surface area contributed by atoms with Crippen LogP contribution < -0.4 is 9.44 Å². The molecule has 33 heavy (non-hydrogen) atoms. The first-order valence-electron chi connectivity index (χ1n) is 9.23. The molecule has 172 valence electrons. The Balaban J connectivity index is 1.65. The molecule has 2 aromatic carbocycles. The maximum atomic E-state index is 13.0. The Bertz CT molecular complexity index is 1520. The number of hydrogen-bond acceptors (Lipinski definition) is 6. The van der Waals surface area contributed by atoms with E-state index in [1.165, 1.54) is 30.3 Å². The third-order valence-corrected chi connectivity index (χ3v) is 9.35. The van der Waals surface area contributed by atoms with Crippen LogP contribution in [0.1, 0.15) is 0 Å². The Labute approximate surface area is 204 Å². The van der Waals surface area contributed by atoms with E-state index in [1.807, 2.05) is 6.07 Å². The third kappa shape index (κ3) is 5.17. The van der Waals surface area contributed by atoms with Gasteiger partial charge in [-0.05, 0) is 41.8 Å². The van der Waals surface area contributed by atoms with Crippen LogP contribution in [0, 0.1) is 0 Å². The Morgan fingerprint density at radius 3 is 2.00 bits per heavy atom. The molecule has 2 heterocycles. The second kappa shape index (κ2) is 8.99. The largest absolute Gasteiger partial charge is 0.277 e. The second-order valence-corrected chi connectivity index (χ2v) is 12.2. The molecule has 0 bridgehead atoms. The number of aromatic nitrogens is 2. The van der Waals surface area contributed by atoms with Gasteiger partial charge in [0.2, 0.25) is 0 Å². The molecule has 0 aliphatic rings. The van der Waals surface area contributed by atoms with E-state index < -0.39 is 20.0 Å². The van der Waals surface area contributed by atoms with Gasteiger partial charge in [0, 0.05) is 18.8 Å². The molecule has 0 spiro atoms. The van der Waals surface area contributed by atoms with Crippen LogP contribution in [0.2, 0.25) is 10.0 Å². The molecular formula is C20H16Cl2N4O4S3. The molecular weight excluding hydrogens is 527 g/mol. The number of halogens is 2. The number of nitrogens with one attached hydrogen (secondary N) is 2. The monoisotopic (exact) mass is 542 g/mol. The summed E-state index contributed by atoms with van der Waals surface area (Å²) in [6.07, 6.45) is 1.78. The van der Waals surface area contributed by atoms with Crippen LogP contribution in [0.4, 0.5) is 11.4 Å². The summed E-state index contributed by atoms with van der Waals surface area (Å²) in [5.41, 5.74) is 1.31. The van der Waals surface area contributed by atoms with Gasteiger partial charge in [-0.2, -0.15) is 5.10 Å². The lowest BCUT2D eigenvalue weighted by Crippen LogP contribution is -2.17. The molecule has 0 radical (unpaired) electrons. The van der Waals surface area contributed by atoms with Crippen LogP contribution in [-0.4, -0.2) is 26.6 Å². The van der Waals surface area contributed by atoms with Gasteiger partial charge in [0.05, 0.1) is 32.0 Å². The minimum atomic E-state index is -4.08. The molecule has 0 saturated heterocycles. The van der Waals surface area contributed by atoms with Crippen molar-refractivity contribution in [2.45, 2.75) is 9.10 Å². The molecule has 0 aliphatic heterocycles. The SMILES string of the molecule is Cn1ccc(-c2ccc(S(=O)(=O)Nc3cc(Cl)c(Cl)cc3NS(=O)(=O)c3cccs3)cc2)n1. The minimum Gasteiger partial charge on any atom is -0.277 e. The van der Waals surface area contributed by atoms with Gasteiger partial charge in [-0.15, -0.1) is 11.3 Å². The quantitative estimate of drug-likeness (QED) is 0.339. The van der Waals surface area contributed by atoms with Gasteiger partial charge in [0.15, 0.2) is 0 Å². The molecule has 2 N–H and O–H groups in total. The van der Waals surface area contributed by atoms with E-state index in [1.54, 1.807) is 41.5 Å². The number of hydrogen-bond donors (Lipinski definition) is 2. The highest BCUT2D eigenvalue weighted by Crippen LogP contribution is 2.35. The summed E-state index contributed by atoms with van der Waals surface area (Å²) in [6, 6.07) is 13.4. The van der Waals surface area contributed by atoms with Crippen molar-refractivity contribution in [3.8, 4) is 11.3 Å². The average Bonchev–Trinajstić information content (AvgIpc) is 3.44. The van der Waals surface area contributed by atoms with Gasteiger partial charge >= 0.3 is 0 Å². The molecule has 13 heteroatoms. The van der Waals surface area contributed by atoms with Crippen LogP contribution >= 0.6 is 34.5 Å². The van der Waals surface area contributed by atoms with Gasteiger partial charge in [-0.3, -0.25) is 14.1 Å². The van der Waals surface area contributed by atoms with Gasteiger partial charge in [-0.1, -0.05) is 41.4 Å². The van der Waals surface area contributed by atoms with Crippen molar-refractivity contribution in [3.63, 3.8) is 0 Å². The average molecular weight is 543 g/mol. The fraction of sp³-hybridized carbons (Fsp3) is 0.0500. The predicted octanol–water partition coefficient (Wildman–Crippen LogP) is 5.06. The number of benzene rings is 2. The zero-order valence-corrected chi connectivity index (χ0v) is 20.8. The highest BCUT2D eigenvalue weighted by Gasteiger charge is 2.22. The molecule has 2 aromatic heterocycles. The van der Waals surface area contributed by atoms with Crippen molar-refractivity contribution in [2.75, 3.05) is 9.44 Å². The van der Waals surface area contributed by atoms with Crippen LogP contribution in [0.5, 0.6) is 0 Å². The number of thiophene rings is 1. The second-order valence-electron chi connectivity index (χ2n) is 6.85. The summed E-state index contributed by atoms with van der Waals surface area (Å²) in [5, 5.41) is 6.01. The normalized spacial score (nSPS) is 12.0. The summed E-state index contributed by atoms with van der Waals surface area (Å²) >= 11 is 13.1. The molecule has 0 atom stereocenters. The first-order chi connectivity index (χ1) is 15.5. The van der Waals surface area contributed by atoms with Gasteiger partial charge in [-0.25, -0.2) is 16.8 Å². The first-order valence-corrected chi connectivity index (χ1v) is 13.8. The van der Waals surface area contributed by atoms with Crippen LogP contribution in [0.15, 0.2) is 75.3 Å². The summed E-state index contributed by atoms with van der Waals surface area (Å²) in [5.74, 6) is 0. The molecule has 0 amide bonds. The topological polar surface area (TPSA) is 110 Å². The highest BCUT2D eigenvalue weighted by molar-refractivity contribution is 7.94. The smallest absolute Gasteiger partial charge is 0.271 e. The van der Waals surface area contributed by atoms with Crippen molar-refractivity contribution in [1.82, 2.24) is 9.78 Å². The van der Waals surface area contributed by atoms with Crippen molar-refractivity contribution < 1.29 is 16.8 Å². The standard InChI is InChI=1S/C20H16Cl2N4O4S3/c1-26-9-8-17(23-26)13-4-6-14(7-5-13)32(27,28)24-18-11-15(21)16(22)12-19(18)25-33(29,30)20-3-2-10-31-20/h2-12,24-25H,1H3. The molecule has 0 aliphatic carbocycles. The number of sulfonamides is 2. The minimum absolute atomic E-state index is 0.0275. The van der Waals surface area contributed by atoms with Crippen LogP contribution in [-0.2, 0) is 27.1 Å². The summed E-state index contributed by atoms with van der Waals surface area (Å²) in [4.78, 5) is -0.0275. The maximum Gasteiger partial charge on any atom is 0.271 e. The van der Waals surface area contributed by atoms with E-state index in [0.717, 1.165) is 16.9 Å². The van der Waals surface area contributed by atoms with E-state index in [0.29, 0.717) is 5.69 Å². The Kier molecular flexibility index (Phi) is 6.43. The highest BCUT2D eigenvalue weighted by atomic mass is 35.5. The molecule has 4 aromatic rings. The molecule has 0 saturated carbocycles. The van der Waals surface area contributed by atoms with Gasteiger partial charge < -0.3 is 0 Å². The Morgan fingerprint density at radius 1 is 0.879 bits per heavy atom. The summed E-state index contributed by atoms with van der Waals surface area (Å²) < 4.78 is 57.8. The number of rotatable bonds is 7. The fourth-order valence-electron chi connectivity index (χ4n) is 2.90. The van der Waals surface area contributed by atoms with Crippen molar-refractivity contribution in [2.24, 2.45) is 7.05 Å². The Morgan fingerprint density at radius 2 is 1.48 bits per heavy atom. The molecule has 0 fully saturated rings. The van der Waals surface area contributed by atoms with Crippen molar-refractivity contribution >= 4 is 66.0 Å². The lowest BCUT2D eigenvalue weighted by molar-refractivity contribution is 0.599. The lowest BCUT2D eigenvalue weighted by atomic mass is 10.2. The lowest BCUT2D eigenvalue weighted by Gasteiger charge is -2.15. The molecule has 4 rings (SSSR count). The summed E-state index contributed by atoms with van der Waals surface area (Å²) in [6.45, 7) is 0. The van der Waals surface area contributed by atoms with E-state index >= 15 is 0 Å². The summed E-state index contributed by atoms with van der Waals surface area (Å²) in [7, 11) is -6.25. The van der Waals surface area contributed by atoms with E-state index in [2.05, 4.69) is 14.5 Å². The van der Waals surface area contributed by atoms with Crippen molar-refractivity contribution in [3.05, 3.63) is 76.2 Å².